The number of aromatic nitrogens is 5. The van der Waals surface area contributed by atoms with Crippen molar-refractivity contribution in [3.05, 3.63) is 176 Å². The van der Waals surface area contributed by atoms with E-state index in [4.69, 9.17) is 15.0 Å². The van der Waals surface area contributed by atoms with Crippen LogP contribution < -0.4 is 0 Å². The molecular formula is C51H29N5. The predicted molar refractivity (Wildman–Crippen MR) is 231 cm³/mol. The van der Waals surface area contributed by atoms with Crippen molar-refractivity contribution < 1.29 is 0 Å². The molecule has 3 heterocycles. The minimum atomic E-state index is 0.593. The lowest BCUT2D eigenvalue weighted by molar-refractivity contribution is 0.955. The van der Waals surface area contributed by atoms with Gasteiger partial charge >= 0.3 is 0 Å². The normalized spacial score (nSPS) is 12.3. The molecule has 1 aliphatic rings. The Hall–Kier alpha value is -7.63. The average molecular weight is 712 g/mol. The molecule has 0 amide bonds. The largest absolute Gasteiger partial charge is 0.309 e. The molecule has 9 aromatic carbocycles. The summed E-state index contributed by atoms with van der Waals surface area (Å²) in [7, 11) is 0. The fourth-order valence-electron chi connectivity index (χ4n) is 9.50. The molecule has 0 atom stereocenters. The second kappa shape index (κ2) is 11.0. The zero-order valence-electron chi connectivity index (χ0n) is 30.0. The molecule has 5 heteroatoms. The molecule has 0 N–H and O–H groups in total. The topological polar surface area (TPSA) is 48.5 Å². The number of benzene rings is 9. The summed E-state index contributed by atoms with van der Waals surface area (Å²) in [5.74, 6) is 1.87. The molecule has 3 aromatic heterocycles. The summed E-state index contributed by atoms with van der Waals surface area (Å²) < 4.78 is 4.69. The predicted octanol–water partition coefficient (Wildman–Crippen LogP) is 12.8. The third-order valence-electron chi connectivity index (χ3n) is 11.9. The van der Waals surface area contributed by atoms with Gasteiger partial charge in [-0.1, -0.05) is 133 Å². The van der Waals surface area contributed by atoms with Gasteiger partial charge in [-0.3, -0.25) is 4.57 Å². The molecule has 5 nitrogen and oxygen atoms in total. The average Bonchev–Trinajstić information content (AvgIpc) is 3.75. The highest BCUT2D eigenvalue weighted by atomic mass is 15.2. The summed E-state index contributed by atoms with van der Waals surface area (Å²) in [6.45, 7) is 0. The molecule has 0 spiro atoms. The van der Waals surface area contributed by atoms with Crippen LogP contribution in [-0.4, -0.2) is 24.1 Å². The lowest BCUT2D eigenvalue weighted by Gasteiger charge is -2.13. The van der Waals surface area contributed by atoms with E-state index < -0.39 is 0 Å². The first kappa shape index (κ1) is 29.8. The number of fused-ring (bicyclic) bond motifs is 3. The molecule has 0 saturated heterocycles. The van der Waals surface area contributed by atoms with Gasteiger partial charge in [0, 0.05) is 43.7 Å². The molecule has 56 heavy (non-hydrogen) atoms. The van der Waals surface area contributed by atoms with Crippen molar-refractivity contribution in [2.45, 2.75) is 0 Å². The fraction of sp³-hybridized carbons (Fsp3) is 0. The molecule has 0 bridgehead atoms. The SMILES string of the molecule is c1ccc(-n2c3cccc4c3c3c5c(ccc32)ccc2c5c3c-4cccc3n2-c2nc(-c3ccc4ccccc4c3)nc(-c3cccc4ccccc34)n2)cc1. The number of para-hydroxylation sites is 1. The highest BCUT2D eigenvalue weighted by Crippen LogP contribution is 2.51. The molecule has 0 unspecified atom stereocenters. The first-order valence-corrected chi connectivity index (χ1v) is 19.0. The second-order valence-corrected chi connectivity index (χ2v) is 14.8. The summed E-state index contributed by atoms with van der Waals surface area (Å²) in [5, 5.41) is 12.1. The Labute approximate surface area is 320 Å². The highest BCUT2D eigenvalue weighted by Gasteiger charge is 2.28. The van der Waals surface area contributed by atoms with Gasteiger partial charge in [0.1, 0.15) is 0 Å². The van der Waals surface area contributed by atoms with Crippen LogP contribution in [-0.2, 0) is 0 Å². The minimum absolute atomic E-state index is 0.593. The van der Waals surface area contributed by atoms with E-state index in [0.717, 1.165) is 44.0 Å². The Kier molecular flexibility index (Phi) is 5.83. The van der Waals surface area contributed by atoms with E-state index >= 15 is 0 Å². The van der Waals surface area contributed by atoms with Crippen molar-refractivity contribution in [1.82, 2.24) is 24.1 Å². The Balaban J connectivity index is 1.18. The molecule has 0 saturated carbocycles. The lowest BCUT2D eigenvalue weighted by atomic mass is 9.98. The van der Waals surface area contributed by atoms with E-state index in [1.54, 1.807) is 0 Å². The molecule has 12 aromatic rings. The van der Waals surface area contributed by atoms with Crippen molar-refractivity contribution in [3.63, 3.8) is 0 Å². The minimum Gasteiger partial charge on any atom is -0.309 e. The summed E-state index contributed by atoms with van der Waals surface area (Å²) in [6.07, 6.45) is 0. The van der Waals surface area contributed by atoms with Crippen molar-refractivity contribution in [2.75, 3.05) is 0 Å². The van der Waals surface area contributed by atoms with E-state index in [1.807, 2.05) is 0 Å². The summed E-state index contributed by atoms with van der Waals surface area (Å²) in [6, 6.07) is 63.0. The fourth-order valence-corrected chi connectivity index (χ4v) is 9.50. The third kappa shape index (κ3) is 3.95. The molecule has 258 valence electrons. The van der Waals surface area contributed by atoms with Crippen molar-refractivity contribution in [2.24, 2.45) is 0 Å². The van der Waals surface area contributed by atoms with Crippen LogP contribution in [0.2, 0.25) is 0 Å². The summed E-state index contributed by atoms with van der Waals surface area (Å²) >= 11 is 0. The molecule has 0 aliphatic heterocycles. The van der Waals surface area contributed by atoms with Gasteiger partial charge in [0.2, 0.25) is 5.95 Å². The number of nitrogens with zero attached hydrogens (tertiary/aromatic N) is 5. The lowest BCUT2D eigenvalue weighted by Crippen LogP contribution is -2.06. The van der Waals surface area contributed by atoms with Crippen molar-refractivity contribution in [1.29, 1.82) is 0 Å². The second-order valence-electron chi connectivity index (χ2n) is 14.8. The Bertz CT molecular complexity index is 3640. The number of hydrogen-bond acceptors (Lipinski definition) is 3. The Morgan fingerprint density at radius 3 is 1.68 bits per heavy atom. The summed E-state index contributed by atoms with van der Waals surface area (Å²) in [4.78, 5) is 16.0. The van der Waals surface area contributed by atoms with Crippen LogP contribution in [0.15, 0.2) is 176 Å². The third-order valence-corrected chi connectivity index (χ3v) is 11.9. The molecule has 0 fully saturated rings. The quantitative estimate of drug-likeness (QED) is 0.183. The van der Waals surface area contributed by atoms with Gasteiger partial charge < -0.3 is 4.57 Å². The number of rotatable bonds is 4. The van der Waals surface area contributed by atoms with Crippen LogP contribution in [0.25, 0.3) is 121 Å². The van der Waals surface area contributed by atoms with Gasteiger partial charge in [0.15, 0.2) is 11.6 Å². The maximum Gasteiger partial charge on any atom is 0.238 e. The van der Waals surface area contributed by atoms with E-state index in [0.29, 0.717) is 17.6 Å². The van der Waals surface area contributed by atoms with Crippen LogP contribution >= 0.6 is 0 Å². The standard InChI is InChI=1S/C51H29N5/c1-2-15-35(16-3-1)55-40-21-9-18-37-38-19-10-22-41-46(38)48-43(28-26-32-25-27-42(55)47(44(32)48)45(37)40)56(41)51-53-49(34-24-23-30-11-4-5-13-33(30)29-34)52-50(54-51)39-20-8-14-31-12-6-7-17-36(31)39/h1-29H. The van der Waals surface area contributed by atoms with Crippen molar-refractivity contribution >= 4 is 75.9 Å². The first-order chi connectivity index (χ1) is 27.8. The van der Waals surface area contributed by atoms with Crippen LogP contribution in [0.1, 0.15) is 0 Å². The van der Waals surface area contributed by atoms with Crippen LogP contribution in [0.4, 0.5) is 0 Å². The van der Waals surface area contributed by atoms with Gasteiger partial charge in [0.05, 0.1) is 22.1 Å². The van der Waals surface area contributed by atoms with E-state index in [2.05, 4.69) is 185 Å². The zero-order chi connectivity index (χ0) is 36.5. The maximum atomic E-state index is 5.39. The van der Waals surface area contributed by atoms with Gasteiger partial charge in [0.25, 0.3) is 0 Å². The van der Waals surface area contributed by atoms with Gasteiger partial charge in [-0.2, -0.15) is 9.97 Å². The van der Waals surface area contributed by atoms with Gasteiger partial charge in [-0.25, -0.2) is 4.98 Å². The molecule has 13 rings (SSSR count). The van der Waals surface area contributed by atoms with E-state index in [1.165, 1.54) is 59.9 Å². The molecular weight excluding hydrogens is 683 g/mol. The van der Waals surface area contributed by atoms with Gasteiger partial charge in [-0.05, 0) is 80.5 Å². The van der Waals surface area contributed by atoms with E-state index in [-0.39, 0.29) is 0 Å². The Morgan fingerprint density at radius 1 is 0.321 bits per heavy atom. The van der Waals surface area contributed by atoms with Crippen LogP contribution in [0, 0.1) is 0 Å². The molecule has 1 aliphatic carbocycles. The Morgan fingerprint density at radius 2 is 0.893 bits per heavy atom. The molecule has 0 radical (unpaired) electrons. The first-order valence-electron chi connectivity index (χ1n) is 19.0. The number of hydrogen-bond donors (Lipinski definition) is 0. The maximum absolute atomic E-state index is 5.39. The highest BCUT2D eigenvalue weighted by molar-refractivity contribution is 6.38. The van der Waals surface area contributed by atoms with Crippen molar-refractivity contribution in [3.8, 4) is 45.5 Å². The van der Waals surface area contributed by atoms with Gasteiger partial charge in [-0.15, -0.1) is 0 Å². The van der Waals surface area contributed by atoms with E-state index in [9.17, 15) is 0 Å². The van der Waals surface area contributed by atoms with Crippen LogP contribution in [0.5, 0.6) is 0 Å². The summed E-state index contributed by atoms with van der Waals surface area (Å²) in [5.41, 5.74) is 10.1. The monoisotopic (exact) mass is 711 g/mol. The zero-order valence-corrected chi connectivity index (χ0v) is 30.0. The van der Waals surface area contributed by atoms with Crippen LogP contribution in [0.3, 0.4) is 0 Å². The smallest absolute Gasteiger partial charge is 0.238 e.